The molecule has 0 amide bonds. The quantitative estimate of drug-likeness (QED) is 0.568. The third-order valence-corrected chi connectivity index (χ3v) is 5.14. The molecule has 2 aliphatic rings. The molecule has 2 aliphatic carbocycles. The molecule has 2 saturated carbocycles. The molecule has 0 heterocycles. The zero-order chi connectivity index (χ0) is 14.3. The zero-order valence-corrected chi connectivity index (χ0v) is 12.1. The van der Waals surface area contributed by atoms with Crippen LogP contribution in [0.5, 0.6) is 0 Å². The van der Waals surface area contributed by atoms with Crippen LogP contribution in [0.2, 0.25) is 0 Å². The van der Waals surface area contributed by atoms with Crippen molar-refractivity contribution >= 4 is 12.2 Å². The van der Waals surface area contributed by atoms with Crippen molar-refractivity contribution < 1.29 is 9.59 Å². The van der Waals surface area contributed by atoms with E-state index in [0.717, 1.165) is 44.4 Å². The summed E-state index contributed by atoms with van der Waals surface area (Å²) in [7, 11) is 0. The fraction of sp³-hybridized carbons (Fsp3) is 0.875. The van der Waals surface area contributed by atoms with Crippen molar-refractivity contribution in [2.45, 2.75) is 82.2 Å². The normalized spacial score (nSPS) is 31.1. The van der Waals surface area contributed by atoms with Gasteiger partial charge in [-0.25, -0.2) is 9.59 Å². The highest BCUT2D eigenvalue weighted by molar-refractivity contribution is 5.38. The number of rotatable bonds is 5. The highest BCUT2D eigenvalue weighted by Gasteiger charge is 2.41. The van der Waals surface area contributed by atoms with Crippen LogP contribution in [0.25, 0.3) is 0 Å². The van der Waals surface area contributed by atoms with Gasteiger partial charge in [0.05, 0.1) is 11.6 Å². The summed E-state index contributed by atoms with van der Waals surface area (Å²) < 4.78 is 0. The van der Waals surface area contributed by atoms with E-state index >= 15 is 0 Å². The summed E-state index contributed by atoms with van der Waals surface area (Å²) in [5, 5.41) is 0. The number of carbonyl (C=O) groups excluding carboxylic acids is 2. The van der Waals surface area contributed by atoms with Gasteiger partial charge < -0.3 is 0 Å². The van der Waals surface area contributed by atoms with Crippen LogP contribution >= 0.6 is 0 Å². The highest BCUT2D eigenvalue weighted by atomic mass is 16.1. The van der Waals surface area contributed by atoms with Gasteiger partial charge in [-0.2, -0.15) is 9.98 Å². The lowest BCUT2D eigenvalue weighted by molar-refractivity contribution is 0.211. The van der Waals surface area contributed by atoms with E-state index in [1.165, 1.54) is 32.1 Å². The Balaban J connectivity index is 2.06. The second kappa shape index (κ2) is 7.52. The molecule has 20 heavy (non-hydrogen) atoms. The van der Waals surface area contributed by atoms with Crippen LogP contribution in [0.4, 0.5) is 0 Å². The summed E-state index contributed by atoms with van der Waals surface area (Å²) >= 11 is 0. The zero-order valence-electron chi connectivity index (χ0n) is 12.1. The van der Waals surface area contributed by atoms with Gasteiger partial charge in [0.2, 0.25) is 12.2 Å². The molecular weight excluding hydrogens is 252 g/mol. The van der Waals surface area contributed by atoms with E-state index in [1.54, 1.807) is 12.2 Å². The third kappa shape index (κ3) is 3.65. The summed E-state index contributed by atoms with van der Waals surface area (Å²) in [4.78, 5) is 29.5. The SMILES string of the molecule is O=C=NC1CCCCC1(CCC1CCCCC1)N=C=O. The van der Waals surface area contributed by atoms with E-state index in [1.807, 2.05) is 0 Å². The molecule has 0 bridgehead atoms. The van der Waals surface area contributed by atoms with Gasteiger partial charge in [-0.3, -0.25) is 0 Å². The average molecular weight is 276 g/mol. The maximum Gasteiger partial charge on any atom is 0.235 e. The van der Waals surface area contributed by atoms with Gasteiger partial charge in [0.1, 0.15) is 0 Å². The number of nitrogens with zero attached hydrogens (tertiary/aromatic N) is 2. The predicted molar refractivity (Wildman–Crippen MR) is 77.0 cm³/mol. The Morgan fingerprint density at radius 2 is 1.70 bits per heavy atom. The summed E-state index contributed by atoms with van der Waals surface area (Å²) in [5.74, 6) is 0.755. The molecule has 110 valence electrons. The van der Waals surface area contributed by atoms with Crippen LogP contribution < -0.4 is 0 Å². The average Bonchev–Trinajstić information content (AvgIpc) is 2.49. The van der Waals surface area contributed by atoms with Gasteiger partial charge in [0, 0.05) is 0 Å². The Morgan fingerprint density at radius 1 is 0.950 bits per heavy atom. The van der Waals surface area contributed by atoms with E-state index in [-0.39, 0.29) is 6.04 Å². The molecule has 2 unspecified atom stereocenters. The van der Waals surface area contributed by atoms with E-state index in [0.29, 0.717) is 0 Å². The van der Waals surface area contributed by atoms with E-state index < -0.39 is 5.54 Å². The van der Waals surface area contributed by atoms with Crippen LogP contribution in [-0.4, -0.2) is 23.7 Å². The van der Waals surface area contributed by atoms with Crippen molar-refractivity contribution in [1.82, 2.24) is 0 Å². The van der Waals surface area contributed by atoms with Crippen LogP contribution in [-0.2, 0) is 9.59 Å². The highest BCUT2D eigenvalue weighted by Crippen LogP contribution is 2.40. The van der Waals surface area contributed by atoms with Crippen molar-refractivity contribution in [2.24, 2.45) is 15.9 Å². The van der Waals surface area contributed by atoms with Gasteiger partial charge >= 0.3 is 0 Å². The lowest BCUT2D eigenvalue weighted by atomic mass is 9.73. The summed E-state index contributed by atoms with van der Waals surface area (Å²) in [6.45, 7) is 0. The third-order valence-electron chi connectivity index (χ3n) is 5.14. The number of hydrogen-bond acceptors (Lipinski definition) is 4. The van der Waals surface area contributed by atoms with Gasteiger partial charge in [-0.15, -0.1) is 0 Å². The van der Waals surface area contributed by atoms with Crippen molar-refractivity contribution in [2.75, 3.05) is 0 Å². The summed E-state index contributed by atoms with van der Waals surface area (Å²) in [5.41, 5.74) is -0.477. The Morgan fingerprint density at radius 3 is 2.40 bits per heavy atom. The molecule has 2 fully saturated rings. The van der Waals surface area contributed by atoms with E-state index in [2.05, 4.69) is 9.98 Å². The number of isocyanates is 2. The standard InChI is InChI=1S/C16H24N2O2/c19-12-17-15-8-4-5-10-16(15,18-13-20)11-9-14-6-2-1-3-7-14/h14-15H,1-11H2. The molecule has 0 saturated heterocycles. The van der Waals surface area contributed by atoms with Crippen molar-refractivity contribution in [3.8, 4) is 0 Å². The van der Waals surface area contributed by atoms with E-state index in [4.69, 9.17) is 0 Å². The van der Waals surface area contributed by atoms with Crippen molar-refractivity contribution in [3.63, 3.8) is 0 Å². The first-order chi connectivity index (χ1) is 9.80. The second-order valence-electron chi connectivity index (χ2n) is 6.33. The molecule has 2 rings (SSSR count). The maximum atomic E-state index is 10.8. The maximum absolute atomic E-state index is 10.8. The number of aliphatic imine (C=N–C) groups is 2. The van der Waals surface area contributed by atoms with Gasteiger partial charge in [0.25, 0.3) is 0 Å². The van der Waals surface area contributed by atoms with Gasteiger partial charge in [-0.05, 0) is 31.6 Å². The van der Waals surface area contributed by atoms with Crippen LogP contribution in [0.3, 0.4) is 0 Å². The Labute approximate surface area is 120 Å². The topological polar surface area (TPSA) is 58.9 Å². The lowest BCUT2D eigenvalue weighted by Gasteiger charge is -2.38. The van der Waals surface area contributed by atoms with Crippen LogP contribution in [0.1, 0.15) is 70.6 Å². The molecular formula is C16H24N2O2. The molecule has 0 N–H and O–H groups in total. The molecule has 0 radical (unpaired) electrons. The van der Waals surface area contributed by atoms with Crippen LogP contribution in [0, 0.1) is 5.92 Å². The molecule has 0 aromatic carbocycles. The largest absolute Gasteiger partial charge is 0.235 e. The molecule has 4 nitrogen and oxygen atoms in total. The Kier molecular flexibility index (Phi) is 5.70. The molecule has 0 aromatic heterocycles. The Bertz CT molecular complexity index is 405. The minimum atomic E-state index is -0.477. The minimum absolute atomic E-state index is 0.168. The smallest absolute Gasteiger partial charge is 0.211 e. The van der Waals surface area contributed by atoms with Crippen molar-refractivity contribution in [1.29, 1.82) is 0 Å². The fourth-order valence-corrected chi connectivity index (χ4v) is 3.95. The lowest BCUT2D eigenvalue weighted by Crippen LogP contribution is -2.42. The summed E-state index contributed by atoms with van der Waals surface area (Å²) in [6, 6.07) is -0.168. The fourth-order valence-electron chi connectivity index (χ4n) is 3.95. The first kappa shape index (κ1) is 15.2. The molecule has 0 spiro atoms. The van der Waals surface area contributed by atoms with Crippen molar-refractivity contribution in [3.05, 3.63) is 0 Å². The minimum Gasteiger partial charge on any atom is -0.211 e. The molecule has 2 atom stereocenters. The molecule has 4 heteroatoms. The number of hydrogen-bond donors (Lipinski definition) is 0. The summed E-state index contributed by atoms with van der Waals surface area (Å²) in [6.07, 6.45) is 15.8. The molecule has 0 aliphatic heterocycles. The second-order valence-corrected chi connectivity index (χ2v) is 6.33. The first-order valence-corrected chi connectivity index (χ1v) is 7.97. The monoisotopic (exact) mass is 276 g/mol. The first-order valence-electron chi connectivity index (χ1n) is 7.97. The van der Waals surface area contributed by atoms with Gasteiger partial charge in [-0.1, -0.05) is 44.9 Å². The van der Waals surface area contributed by atoms with Gasteiger partial charge in [0.15, 0.2) is 0 Å². The van der Waals surface area contributed by atoms with E-state index in [9.17, 15) is 9.59 Å². The Hall–Kier alpha value is -1.24. The predicted octanol–water partition coefficient (Wildman–Crippen LogP) is 3.70. The molecule has 0 aromatic rings. The van der Waals surface area contributed by atoms with Crippen LogP contribution in [0.15, 0.2) is 9.98 Å².